The molecule has 1 heterocycles. The fourth-order valence-corrected chi connectivity index (χ4v) is 2.39. The Balaban J connectivity index is 0.00000192. The highest BCUT2D eigenvalue weighted by Crippen LogP contribution is 2.40. The summed E-state index contributed by atoms with van der Waals surface area (Å²) in [6.07, 6.45) is 2.12. The molecular formula is C15H19Cl2N5O. The number of para-hydroxylation sites is 1. The van der Waals surface area contributed by atoms with Crippen LogP contribution >= 0.6 is 24.0 Å². The number of nitrogens with one attached hydrogen (secondary N) is 1. The van der Waals surface area contributed by atoms with Crippen molar-refractivity contribution in [2.24, 2.45) is 5.73 Å². The molecular weight excluding hydrogens is 337 g/mol. The Morgan fingerprint density at radius 1 is 1.48 bits per heavy atom. The number of nitrogens with two attached hydrogens (primary N) is 1. The molecule has 0 saturated heterocycles. The molecule has 1 aliphatic carbocycles. The molecule has 1 saturated carbocycles. The summed E-state index contributed by atoms with van der Waals surface area (Å²) in [7, 11) is 0. The second-order valence-electron chi connectivity index (χ2n) is 5.54. The zero-order valence-corrected chi connectivity index (χ0v) is 14.3. The lowest BCUT2D eigenvalue weighted by Gasteiger charge is -2.08. The van der Waals surface area contributed by atoms with E-state index in [1.807, 2.05) is 25.1 Å². The SMILES string of the molecule is C[C@@H](CN)NC(=O)c1nc(C2CC2)n(-c2ccccc2Cl)n1.Cl. The van der Waals surface area contributed by atoms with Gasteiger partial charge in [-0.1, -0.05) is 23.7 Å². The Morgan fingerprint density at radius 3 is 2.78 bits per heavy atom. The van der Waals surface area contributed by atoms with E-state index in [1.165, 1.54) is 0 Å². The number of hydrogen-bond donors (Lipinski definition) is 2. The highest BCUT2D eigenvalue weighted by atomic mass is 35.5. The van der Waals surface area contributed by atoms with E-state index >= 15 is 0 Å². The molecule has 0 aliphatic heterocycles. The van der Waals surface area contributed by atoms with Crippen LogP contribution in [0, 0.1) is 0 Å². The maximum absolute atomic E-state index is 12.2. The van der Waals surface area contributed by atoms with Crippen LogP contribution in [0.1, 0.15) is 42.1 Å². The first kappa shape index (κ1) is 17.7. The molecule has 3 rings (SSSR count). The molecule has 6 nitrogen and oxygen atoms in total. The van der Waals surface area contributed by atoms with E-state index in [0.29, 0.717) is 17.5 Å². The van der Waals surface area contributed by atoms with Crippen LogP contribution < -0.4 is 11.1 Å². The Morgan fingerprint density at radius 2 is 2.17 bits per heavy atom. The lowest BCUT2D eigenvalue weighted by Crippen LogP contribution is -2.38. The number of carbonyl (C=O) groups is 1. The molecule has 2 aromatic rings. The van der Waals surface area contributed by atoms with Gasteiger partial charge in [-0.2, -0.15) is 0 Å². The van der Waals surface area contributed by atoms with Crippen molar-refractivity contribution in [3.63, 3.8) is 0 Å². The normalized spacial score (nSPS) is 14.9. The quantitative estimate of drug-likeness (QED) is 0.861. The van der Waals surface area contributed by atoms with Gasteiger partial charge in [0.05, 0.1) is 10.7 Å². The van der Waals surface area contributed by atoms with Gasteiger partial charge in [-0.25, -0.2) is 9.67 Å². The van der Waals surface area contributed by atoms with Crippen molar-refractivity contribution in [1.82, 2.24) is 20.1 Å². The van der Waals surface area contributed by atoms with Gasteiger partial charge in [0.25, 0.3) is 5.91 Å². The third-order valence-corrected chi connectivity index (χ3v) is 3.91. The summed E-state index contributed by atoms with van der Waals surface area (Å²) < 4.78 is 1.68. The van der Waals surface area contributed by atoms with Gasteiger partial charge in [-0.3, -0.25) is 4.79 Å². The number of hydrogen-bond acceptors (Lipinski definition) is 4. The van der Waals surface area contributed by atoms with Crippen molar-refractivity contribution in [2.75, 3.05) is 6.54 Å². The summed E-state index contributed by atoms with van der Waals surface area (Å²) in [5.74, 6) is 0.976. The predicted molar refractivity (Wildman–Crippen MR) is 91.6 cm³/mol. The van der Waals surface area contributed by atoms with Crippen LogP contribution in [-0.4, -0.2) is 33.3 Å². The maximum atomic E-state index is 12.2. The van der Waals surface area contributed by atoms with Gasteiger partial charge in [0, 0.05) is 18.5 Å². The minimum atomic E-state index is -0.314. The topological polar surface area (TPSA) is 85.8 Å². The molecule has 23 heavy (non-hydrogen) atoms. The lowest BCUT2D eigenvalue weighted by atomic mass is 10.3. The largest absolute Gasteiger partial charge is 0.346 e. The molecule has 1 fully saturated rings. The van der Waals surface area contributed by atoms with Gasteiger partial charge in [0.15, 0.2) is 0 Å². The summed E-state index contributed by atoms with van der Waals surface area (Å²) in [5.41, 5.74) is 6.26. The molecule has 1 amide bonds. The number of nitrogens with zero attached hydrogens (tertiary/aromatic N) is 3. The van der Waals surface area contributed by atoms with Crippen LogP contribution in [0.3, 0.4) is 0 Å². The standard InChI is InChI=1S/C15H18ClN5O.ClH/c1-9(8-17)18-15(22)13-19-14(10-6-7-10)21(20-13)12-5-3-2-4-11(12)16;/h2-5,9-10H,6-8,17H2,1H3,(H,18,22);1H/t9-;/m0./s1. The van der Waals surface area contributed by atoms with Crippen LogP contribution in [0.2, 0.25) is 5.02 Å². The van der Waals surface area contributed by atoms with Gasteiger partial charge >= 0.3 is 0 Å². The second kappa shape index (κ2) is 7.29. The highest BCUT2D eigenvalue weighted by Gasteiger charge is 2.32. The third-order valence-electron chi connectivity index (χ3n) is 3.59. The van der Waals surface area contributed by atoms with Crippen LogP contribution in [0.5, 0.6) is 0 Å². The highest BCUT2D eigenvalue weighted by molar-refractivity contribution is 6.32. The minimum absolute atomic E-state index is 0. The Kier molecular flexibility index (Phi) is 5.62. The zero-order chi connectivity index (χ0) is 15.7. The monoisotopic (exact) mass is 355 g/mol. The van der Waals surface area contributed by atoms with Gasteiger partial charge < -0.3 is 11.1 Å². The number of amides is 1. The van der Waals surface area contributed by atoms with Crippen LogP contribution in [0.25, 0.3) is 5.69 Å². The number of carbonyl (C=O) groups excluding carboxylic acids is 1. The second-order valence-corrected chi connectivity index (χ2v) is 5.95. The smallest absolute Gasteiger partial charge is 0.291 e. The van der Waals surface area contributed by atoms with E-state index in [-0.39, 0.29) is 30.2 Å². The van der Waals surface area contributed by atoms with Crippen molar-refractivity contribution in [3.8, 4) is 5.69 Å². The molecule has 0 radical (unpaired) electrons. The molecule has 3 N–H and O–H groups in total. The lowest BCUT2D eigenvalue weighted by molar-refractivity contribution is 0.0931. The maximum Gasteiger partial charge on any atom is 0.291 e. The summed E-state index contributed by atoms with van der Waals surface area (Å²) in [6, 6.07) is 7.29. The van der Waals surface area contributed by atoms with E-state index < -0.39 is 0 Å². The van der Waals surface area contributed by atoms with E-state index in [1.54, 1.807) is 10.7 Å². The molecule has 1 aliphatic rings. The van der Waals surface area contributed by atoms with Gasteiger partial charge in [0.1, 0.15) is 5.82 Å². The van der Waals surface area contributed by atoms with E-state index in [9.17, 15) is 4.79 Å². The summed E-state index contributed by atoms with van der Waals surface area (Å²) in [6.45, 7) is 2.21. The molecule has 1 aromatic carbocycles. The average Bonchev–Trinajstić information content (AvgIpc) is 3.26. The van der Waals surface area contributed by atoms with Crippen molar-refractivity contribution < 1.29 is 4.79 Å². The van der Waals surface area contributed by atoms with E-state index in [0.717, 1.165) is 24.4 Å². The van der Waals surface area contributed by atoms with Crippen LogP contribution in [-0.2, 0) is 0 Å². The Bertz CT molecular complexity index is 699. The fraction of sp³-hybridized carbons (Fsp3) is 0.400. The Hall–Kier alpha value is -1.63. The minimum Gasteiger partial charge on any atom is -0.346 e. The van der Waals surface area contributed by atoms with Crippen LogP contribution in [0.4, 0.5) is 0 Å². The first-order valence-corrected chi connectivity index (χ1v) is 7.70. The van der Waals surface area contributed by atoms with Gasteiger partial charge in [0.2, 0.25) is 5.82 Å². The first-order chi connectivity index (χ1) is 10.6. The van der Waals surface area contributed by atoms with E-state index in [4.69, 9.17) is 17.3 Å². The first-order valence-electron chi connectivity index (χ1n) is 7.33. The predicted octanol–water partition coefficient (Wildman–Crippen LogP) is 2.30. The van der Waals surface area contributed by atoms with Crippen molar-refractivity contribution in [3.05, 3.63) is 40.9 Å². The van der Waals surface area contributed by atoms with E-state index in [2.05, 4.69) is 15.4 Å². The molecule has 8 heteroatoms. The summed E-state index contributed by atoms with van der Waals surface area (Å²) in [4.78, 5) is 16.6. The third kappa shape index (κ3) is 3.83. The molecule has 0 unspecified atom stereocenters. The zero-order valence-electron chi connectivity index (χ0n) is 12.7. The average molecular weight is 356 g/mol. The number of rotatable bonds is 5. The number of halogens is 2. The van der Waals surface area contributed by atoms with Gasteiger partial charge in [-0.05, 0) is 31.9 Å². The molecule has 0 bridgehead atoms. The fourth-order valence-electron chi connectivity index (χ4n) is 2.17. The van der Waals surface area contributed by atoms with Crippen molar-refractivity contribution in [2.45, 2.75) is 31.7 Å². The number of aromatic nitrogens is 3. The molecule has 0 spiro atoms. The molecule has 124 valence electrons. The van der Waals surface area contributed by atoms with Gasteiger partial charge in [-0.15, -0.1) is 17.5 Å². The Labute approximate surface area is 145 Å². The van der Waals surface area contributed by atoms with Crippen molar-refractivity contribution >= 4 is 29.9 Å². The van der Waals surface area contributed by atoms with Crippen molar-refractivity contribution in [1.29, 1.82) is 0 Å². The number of benzene rings is 1. The summed E-state index contributed by atoms with van der Waals surface area (Å²) >= 11 is 6.25. The molecule has 1 aromatic heterocycles. The van der Waals surface area contributed by atoms with Crippen LogP contribution in [0.15, 0.2) is 24.3 Å². The molecule has 1 atom stereocenters. The summed E-state index contributed by atoms with van der Waals surface area (Å²) in [5, 5.41) is 7.71.